The highest BCUT2D eigenvalue weighted by Gasteiger charge is 2.39. The zero-order valence-electron chi connectivity index (χ0n) is 23.0. The van der Waals surface area contributed by atoms with Gasteiger partial charge in [0, 0.05) is 18.7 Å². The largest absolute Gasteiger partial charge is 0.456 e. The first kappa shape index (κ1) is 28.6. The second-order valence-corrected chi connectivity index (χ2v) is 10.6. The number of Topliss-reactive ketones (excluding diaryl/α,β-unsaturated/α-hetero) is 1. The third kappa shape index (κ3) is 7.59. The van der Waals surface area contributed by atoms with Gasteiger partial charge < -0.3 is 19.1 Å². The number of amides is 2. The average molecular weight is 547 g/mol. The summed E-state index contributed by atoms with van der Waals surface area (Å²) < 4.78 is 16.4. The van der Waals surface area contributed by atoms with Gasteiger partial charge in [0.25, 0.3) is 0 Å². The van der Waals surface area contributed by atoms with Crippen LogP contribution in [0.25, 0.3) is 10.8 Å². The fourth-order valence-electron chi connectivity index (χ4n) is 4.38. The quantitative estimate of drug-likeness (QED) is 0.237. The molecule has 40 heavy (non-hydrogen) atoms. The highest BCUT2D eigenvalue weighted by atomic mass is 16.6. The Balaban J connectivity index is 1.46. The molecule has 9 nitrogen and oxygen atoms in total. The van der Waals surface area contributed by atoms with Gasteiger partial charge in [-0.15, -0.1) is 0 Å². The normalized spacial score (nSPS) is 15.7. The molecule has 1 fully saturated rings. The van der Waals surface area contributed by atoms with Crippen molar-refractivity contribution in [3.05, 3.63) is 83.9 Å². The topological polar surface area (TPSA) is 102 Å². The Morgan fingerprint density at radius 3 is 2.25 bits per heavy atom. The molecule has 1 saturated heterocycles. The molecule has 210 valence electrons. The van der Waals surface area contributed by atoms with Gasteiger partial charge in [0.15, 0.2) is 18.4 Å². The number of nitrogens with zero attached hydrogens (tertiary/aromatic N) is 2. The summed E-state index contributed by atoms with van der Waals surface area (Å²) in [6.07, 6.45) is -0.908. The Labute approximate surface area is 233 Å². The van der Waals surface area contributed by atoms with E-state index in [1.54, 1.807) is 32.9 Å². The zero-order valence-corrected chi connectivity index (χ0v) is 23.0. The van der Waals surface area contributed by atoms with Crippen LogP contribution in [0.15, 0.2) is 72.8 Å². The molecule has 1 aliphatic rings. The van der Waals surface area contributed by atoms with Crippen molar-refractivity contribution in [3.8, 4) is 0 Å². The fourth-order valence-corrected chi connectivity index (χ4v) is 4.38. The van der Waals surface area contributed by atoms with Crippen LogP contribution >= 0.6 is 0 Å². The van der Waals surface area contributed by atoms with Crippen molar-refractivity contribution < 1.29 is 33.4 Å². The van der Waals surface area contributed by atoms with E-state index in [0.717, 1.165) is 16.3 Å². The number of carbonyl (C=O) groups is 4. The number of hydrogen-bond acceptors (Lipinski definition) is 7. The van der Waals surface area contributed by atoms with Crippen LogP contribution in [0.4, 0.5) is 9.59 Å². The van der Waals surface area contributed by atoms with E-state index in [4.69, 9.17) is 14.2 Å². The standard InChI is InChI=1S/C31H34N2O7/c1-31(2,3)40-30(37)33-17-9-16-32(29(36)39-20-22-10-5-4-6-11-22)19-26(33)28(35)38-21-27(34)25-15-14-23-12-7-8-13-24(23)18-25/h4-8,10-15,18,26H,9,16-17,19-21H2,1-3H3. The molecule has 0 saturated carbocycles. The second kappa shape index (κ2) is 12.6. The number of carbonyl (C=O) groups excluding carboxylic acids is 4. The van der Waals surface area contributed by atoms with Gasteiger partial charge in [-0.2, -0.15) is 0 Å². The van der Waals surface area contributed by atoms with Gasteiger partial charge in [-0.05, 0) is 49.6 Å². The van der Waals surface area contributed by atoms with Gasteiger partial charge in [0.2, 0.25) is 0 Å². The van der Waals surface area contributed by atoms with Crippen molar-refractivity contribution in [2.45, 2.75) is 45.4 Å². The SMILES string of the molecule is CC(C)(C)OC(=O)N1CCCN(C(=O)OCc2ccccc2)CC1C(=O)OCC(=O)c1ccc2ccccc2c1. The van der Waals surface area contributed by atoms with E-state index >= 15 is 0 Å². The summed E-state index contributed by atoms with van der Waals surface area (Å²) in [6.45, 7) is 5.02. The molecule has 1 unspecified atom stereocenters. The van der Waals surface area contributed by atoms with Crippen LogP contribution in [0.3, 0.4) is 0 Å². The number of fused-ring (bicyclic) bond motifs is 1. The van der Waals surface area contributed by atoms with Crippen molar-refractivity contribution in [3.63, 3.8) is 0 Å². The monoisotopic (exact) mass is 546 g/mol. The molecule has 0 bridgehead atoms. The molecule has 3 aromatic carbocycles. The fraction of sp³-hybridized carbons (Fsp3) is 0.355. The lowest BCUT2D eigenvalue weighted by molar-refractivity contribution is -0.148. The summed E-state index contributed by atoms with van der Waals surface area (Å²) in [5.74, 6) is -1.18. The Bertz CT molecular complexity index is 1370. The molecule has 0 N–H and O–H groups in total. The van der Waals surface area contributed by atoms with Crippen molar-refractivity contribution in [2.75, 3.05) is 26.2 Å². The molecular weight excluding hydrogens is 512 g/mol. The maximum Gasteiger partial charge on any atom is 0.411 e. The lowest BCUT2D eigenvalue weighted by Crippen LogP contribution is -2.52. The van der Waals surface area contributed by atoms with Gasteiger partial charge in [0.1, 0.15) is 12.2 Å². The third-order valence-corrected chi connectivity index (χ3v) is 6.38. The van der Waals surface area contributed by atoms with E-state index in [0.29, 0.717) is 12.0 Å². The minimum atomic E-state index is -1.17. The molecule has 1 atom stereocenters. The van der Waals surface area contributed by atoms with Crippen molar-refractivity contribution >= 4 is 34.7 Å². The summed E-state index contributed by atoms with van der Waals surface area (Å²) >= 11 is 0. The first-order valence-electron chi connectivity index (χ1n) is 13.2. The first-order chi connectivity index (χ1) is 19.1. The van der Waals surface area contributed by atoms with Crippen LogP contribution in [-0.2, 0) is 25.6 Å². The van der Waals surface area contributed by atoms with E-state index in [-0.39, 0.29) is 32.0 Å². The van der Waals surface area contributed by atoms with Crippen LogP contribution in [0.2, 0.25) is 0 Å². The molecule has 2 amide bonds. The second-order valence-electron chi connectivity index (χ2n) is 10.6. The molecule has 3 aromatic rings. The highest BCUT2D eigenvalue weighted by molar-refractivity contribution is 6.01. The molecule has 0 spiro atoms. The molecule has 4 rings (SSSR count). The molecular formula is C31H34N2O7. The van der Waals surface area contributed by atoms with Crippen LogP contribution in [0.1, 0.15) is 43.1 Å². The minimum Gasteiger partial charge on any atom is -0.456 e. The number of rotatable bonds is 6. The molecule has 0 aromatic heterocycles. The van der Waals surface area contributed by atoms with Gasteiger partial charge in [-0.1, -0.05) is 66.7 Å². The first-order valence-corrected chi connectivity index (χ1v) is 13.2. The Kier molecular flexibility index (Phi) is 9.04. The summed E-state index contributed by atoms with van der Waals surface area (Å²) in [4.78, 5) is 54.8. The van der Waals surface area contributed by atoms with Crippen LogP contribution in [0.5, 0.6) is 0 Å². The predicted molar refractivity (Wildman–Crippen MR) is 149 cm³/mol. The van der Waals surface area contributed by atoms with Gasteiger partial charge >= 0.3 is 18.2 Å². The van der Waals surface area contributed by atoms with Crippen molar-refractivity contribution in [1.82, 2.24) is 9.80 Å². The predicted octanol–water partition coefficient (Wildman–Crippen LogP) is 5.21. The van der Waals surface area contributed by atoms with E-state index in [2.05, 4.69) is 0 Å². The molecule has 9 heteroatoms. The van der Waals surface area contributed by atoms with E-state index < -0.39 is 36.4 Å². The summed E-state index contributed by atoms with van der Waals surface area (Å²) in [5, 5.41) is 1.88. The maximum atomic E-state index is 13.3. The number of ether oxygens (including phenoxy) is 3. The highest BCUT2D eigenvalue weighted by Crippen LogP contribution is 2.19. The van der Waals surface area contributed by atoms with Gasteiger partial charge in [-0.25, -0.2) is 14.4 Å². The number of hydrogen-bond donors (Lipinski definition) is 0. The Morgan fingerprint density at radius 1 is 0.825 bits per heavy atom. The number of ketones is 1. The minimum absolute atomic E-state index is 0.0708. The summed E-state index contributed by atoms with van der Waals surface area (Å²) in [6, 6.07) is 21.0. The molecule has 1 heterocycles. The van der Waals surface area contributed by atoms with E-state index in [9.17, 15) is 19.2 Å². The Hall–Kier alpha value is -4.40. The Morgan fingerprint density at radius 2 is 1.52 bits per heavy atom. The maximum absolute atomic E-state index is 13.3. The van der Waals surface area contributed by atoms with E-state index in [1.165, 1.54) is 9.80 Å². The van der Waals surface area contributed by atoms with Crippen molar-refractivity contribution in [2.24, 2.45) is 0 Å². The number of benzene rings is 3. The average Bonchev–Trinajstić information content (AvgIpc) is 3.17. The molecule has 1 aliphatic heterocycles. The van der Waals surface area contributed by atoms with E-state index in [1.807, 2.05) is 60.7 Å². The summed E-state index contributed by atoms with van der Waals surface area (Å²) in [5.41, 5.74) is 0.435. The van der Waals surface area contributed by atoms with Crippen molar-refractivity contribution in [1.29, 1.82) is 0 Å². The lowest BCUT2D eigenvalue weighted by atomic mass is 10.0. The molecule has 0 radical (unpaired) electrons. The third-order valence-electron chi connectivity index (χ3n) is 6.38. The van der Waals surface area contributed by atoms with Gasteiger partial charge in [0.05, 0.1) is 6.54 Å². The lowest BCUT2D eigenvalue weighted by Gasteiger charge is -2.31. The number of esters is 1. The summed E-state index contributed by atoms with van der Waals surface area (Å²) in [7, 11) is 0. The van der Waals surface area contributed by atoms with Crippen LogP contribution in [0, 0.1) is 0 Å². The van der Waals surface area contributed by atoms with Crippen LogP contribution in [-0.4, -0.2) is 71.6 Å². The van der Waals surface area contributed by atoms with Crippen LogP contribution < -0.4 is 0 Å². The smallest absolute Gasteiger partial charge is 0.411 e. The van der Waals surface area contributed by atoms with Gasteiger partial charge in [-0.3, -0.25) is 9.69 Å². The molecule has 0 aliphatic carbocycles. The zero-order chi connectivity index (χ0) is 28.7.